The van der Waals surface area contributed by atoms with Gasteiger partial charge in [-0.05, 0) is 37.9 Å². The maximum atomic E-state index is 10.3. The number of allylic oxidation sites excluding steroid dienone is 8. The van der Waals surface area contributed by atoms with E-state index in [-0.39, 0.29) is 5.75 Å². The average molecular weight is 294 g/mol. The number of hydrogen-bond acceptors (Lipinski definition) is 2. The molecule has 0 fully saturated rings. The molecule has 0 radical (unpaired) electrons. The molecule has 0 saturated heterocycles. The lowest BCUT2D eigenvalue weighted by atomic mass is 10.2. The second-order valence-corrected chi connectivity index (χ2v) is 5.34. The van der Waals surface area contributed by atoms with Gasteiger partial charge in [0.1, 0.15) is 0 Å². The molecule has 0 unspecified atom stereocenters. The maximum Gasteiger partial charge on any atom is 0.313 e. The van der Waals surface area contributed by atoms with Crippen molar-refractivity contribution < 1.29 is 9.90 Å². The van der Waals surface area contributed by atoms with Crippen LogP contribution in [0.3, 0.4) is 0 Å². The van der Waals surface area contributed by atoms with E-state index < -0.39 is 5.97 Å². The van der Waals surface area contributed by atoms with Gasteiger partial charge in [0.15, 0.2) is 0 Å². The standard InChI is InChI=1S/C17H26O2S/c1-2-3-4-5-6-7-8-9-10-11-12-13-14-15-20-16-17(18)19/h3-4,6-7,9-10,12-13H,2,5,8,11,14-16H2,1H3,(H,18,19)/b4-3+,7-6+,10-9+,13-12+. The van der Waals surface area contributed by atoms with E-state index >= 15 is 0 Å². The number of carboxylic acid groups (broad SMARTS) is 1. The fourth-order valence-corrected chi connectivity index (χ4v) is 2.03. The minimum absolute atomic E-state index is 0.202. The van der Waals surface area contributed by atoms with Crippen LogP contribution in [0.4, 0.5) is 0 Å². The molecule has 3 heteroatoms. The molecule has 0 spiro atoms. The number of rotatable bonds is 12. The first kappa shape index (κ1) is 18.8. The summed E-state index contributed by atoms with van der Waals surface area (Å²) in [5.74, 6) is 0.341. The molecule has 0 aromatic heterocycles. The summed E-state index contributed by atoms with van der Waals surface area (Å²) in [5, 5.41) is 8.46. The summed E-state index contributed by atoms with van der Waals surface area (Å²) in [5.41, 5.74) is 0. The molecule has 0 aliphatic carbocycles. The largest absolute Gasteiger partial charge is 0.481 e. The lowest BCUT2D eigenvalue weighted by Crippen LogP contribution is -1.98. The highest BCUT2D eigenvalue weighted by molar-refractivity contribution is 7.99. The lowest BCUT2D eigenvalue weighted by Gasteiger charge is -1.92. The van der Waals surface area contributed by atoms with Gasteiger partial charge in [0.2, 0.25) is 0 Å². The van der Waals surface area contributed by atoms with Gasteiger partial charge in [0, 0.05) is 0 Å². The molecule has 20 heavy (non-hydrogen) atoms. The zero-order valence-electron chi connectivity index (χ0n) is 12.3. The second kappa shape index (κ2) is 15.8. The van der Waals surface area contributed by atoms with Crippen molar-refractivity contribution in [2.24, 2.45) is 0 Å². The van der Waals surface area contributed by atoms with Crippen molar-refractivity contribution in [3.63, 3.8) is 0 Å². The molecule has 0 aromatic rings. The molecule has 0 rings (SSSR count). The van der Waals surface area contributed by atoms with Crippen LogP contribution in [-0.4, -0.2) is 22.6 Å². The quantitative estimate of drug-likeness (QED) is 0.406. The van der Waals surface area contributed by atoms with E-state index in [2.05, 4.69) is 55.5 Å². The van der Waals surface area contributed by atoms with Gasteiger partial charge in [-0.2, -0.15) is 0 Å². The minimum atomic E-state index is -0.736. The normalized spacial score (nSPS) is 12.4. The molecule has 0 saturated carbocycles. The molecule has 0 amide bonds. The SMILES string of the molecule is CC/C=C/C/C=C/C/C=C/C/C=C/CCSCC(=O)O. The Morgan fingerprint density at radius 3 is 1.90 bits per heavy atom. The lowest BCUT2D eigenvalue weighted by molar-refractivity contribution is -0.133. The number of hydrogen-bond donors (Lipinski definition) is 1. The van der Waals surface area contributed by atoms with E-state index in [1.807, 2.05) is 0 Å². The average Bonchev–Trinajstić information content (AvgIpc) is 2.43. The Bertz CT molecular complexity index is 341. The Hall–Kier alpha value is -1.22. The molecule has 0 bridgehead atoms. The molecule has 112 valence electrons. The Kier molecular flexibility index (Phi) is 14.9. The van der Waals surface area contributed by atoms with Crippen molar-refractivity contribution in [1.82, 2.24) is 0 Å². The number of aliphatic carboxylic acids is 1. The summed E-state index contributed by atoms with van der Waals surface area (Å²) in [6.07, 6.45) is 22.3. The van der Waals surface area contributed by atoms with Crippen LogP contribution in [0, 0.1) is 0 Å². The van der Waals surface area contributed by atoms with Crippen LogP contribution in [0.5, 0.6) is 0 Å². The summed E-state index contributed by atoms with van der Waals surface area (Å²) in [6, 6.07) is 0. The highest BCUT2D eigenvalue weighted by Gasteiger charge is 1.94. The zero-order chi connectivity index (χ0) is 14.9. The second-order valence-electron chi connectivity index (χ2n) is 4.24. The highest BCUT2D eigenvalue weighted by Crippen LogP contribution is 2.03. The van der Waals surface area contributed by atoms with Gasteiger partial charge in [0.25, 0.3) is 0 Å². The van der Waals surface area contributed by atoms with E-state index in [1.54, 1.807) is 0 Å². The van der Waals surface area contributed by atoms with Gasteiger partial charge in [-0.1, -0.05) is 55.5 Å². The smallest absolute Gasteiger partial charge is 0.313 e. The topological polar surface area (TPSA) is 37.3 Å². The third-order valence-corrected chi connectivity index (χ3v) is 3.35. The van der Waals surface area contributed by atoms with Crippen molar-refractivity contribution in [2.45, 2.75) is 39.0 Å². The van der Waals surface area contributed by atoms with Gasteiger partial charge in [-0.15, -0.1) is 11.8 Å². The number of carboxylic acids is 1. The van der Waals surface area contributed by atoms with Crippen LogP contribution in [0.25, 0.3) is 0 Å². The third-order valence-electron chi connectivity index (χ3n) is 2.37. The summed E-state index contributed by atoms with van der Waals surface area (Å²) < 4.78 is 0. The van der Waals surface area contributed by atoms with Crippen LogP contribution >= 0.6 is 11.8 Å². The first-order valence-electron chi connectivity index (χ1n) is 7.17. The van der Waals surface area contributed by atoms with E-state index in [1.165, 1.54) is 11.8 Å². The fourth-order valence-electron chi connectivity index (χ4n) is 1.41. The highest BCUT2D eigenvalue weighted by atomic mass is 32.2. The monoisotopic (exact) mass is 294 g/mol. The van der Waals surface area contributed by atoms with Crippen LogP contribution in [0.2, 0.25) is 0 Å². The minimum Gasteiger partial charge on any atom is -0.481 e. The summed E-state index contributed by atoms with van der Waals surface area (Å²) in [4.78, 5) is 10.3. The summed E-state index contributed by atoms with van der Waals surface area (Å²) >= 11 is 1.46. The molecule has 1 N–H and O–H groups in total. The summed E-state index contributed by atoms with van der Waals surface area (Å²) in [7, 11) is 0. The van der Waals surface area contributed by atoms with Gasteiger partial charge < -0.3 is 5.11 Å². The van der Waals surface area contributed by atoms with Gasteiger partial charge >= 0.3 is 5.97 Å². The molecule has 0 aliphatic heterocycles. The van der Waals surface area contributed by atoms with Crippen molar-refractivity contribution in [2.75, 3.05) is 11.5 Å². The Morgan fingerprint density at radius 1 is 0.900 bits per heavy atom. The first-order valence-corrected chi connectivity index (χ1v) is 8.32. The molecule has 0 atom stereocenters. The van der Waals surface area contributed by atoms with E-state index in [4.69, 9.17) is 5.11 Å². The number of carbonyl (C=O) groups is 1. The molecular weight excluding hydrogens is 268 g/mol. The summed E-state index contributed by atoms with van der Waals surface area (Å²) in [6.45, 7) is 2.14. The first-order chi connectivity index (χ1) is 9.77. The predicted octanol–water partition coefficient (Wildman–Crippen LogP) is 5.00. The van der Waals surface area contributed by atoms with Crippen molar-refractivity contribution >= 4 is 17.7 Å². The van der Waals surface area contributed by atoms with E-state index in [9.17, 15) is 4.79 Å². The van der Waals surface area contributed by atoms with Gasteiger partial charge in [0.05, 0.1) is 5.75 Å². The van der Waals surface area contributed by atoms with Crippen LogP contribution < -0.4 is 0 Å². The van der Waals surface area contributed by atoms with Gasteiger partial charge in [-0.3, -0.25) is 4.79 Å². The molecular formula is C17H26O2S. The Labute approximate surface area is 127 Å². The van der Waals surface area contributed by atoms with E-state index in [0.717, 1.165) is 37.9 Å². The van der Waals surface area contributed by atoms with Gasteiger partial charge in [-0.25, -0.2) is 0 Å². The number of thioether (sulfide) groups is 1. The van der Waals surface area contributed by atoms with Crippen molar-refractivity contribution in [3.05, 3.63) is 48.6 Å². The van der Waals surface area contributed by atoms with E-state index in [0.29, 0.717) is 0 Å². The Morgan fingerprint density at radius 2 is 1.40 bits per heavy atom. The zero-order valence-corrected chi connectivity index (χ0v) is 13.1. The molecule has 0 aromatic carbocycles. The van der Waals surface area contributed by atoms with Crippen LogP contribution in [0.15, 0.2) is 48.6 Å². The van der Waals surface area contributed by atoms with Crippen LogP contribution in [-0.2, 0) is 4.79 Å². The predicted molar refractivity (Wildman–Crippen MR) is 90.3 cm³/mol. The van der Waals surface area contributed by atoms with Crippen molar-refractivity contribution in [1.29, 1.82) is 0 Å². The molecule has 0 aliphatic rings. The maximum absolute atomic E-state index is 10.3. The Balaban J connectivity index is 3.38. The molecule has 0 heterocycles. The van der Waals surface area contributed by atoms with Crippen molar-refractivity contribution in [3.8, 4) is 0 Å². The molecule has 2 nitrogen and oxygen atoms in total. The van der Waals surface area contributed by atoms with Crippen LogP contribution in [0.1, 0.15) is 39.0 Å². The fraction of sp³-hybridized carbons (Fsp3) is 0.471. The third kappa shape index (κ3) is 16.8.